The Kier molecular flexibility index (Phi) is 4.27. The number of carbonyl (C=O) groups excluding carboxylic acids is 1. The second-order valence-electron chi connectivity index (χ2n) is 5.46. The Bertz CT molecular complexity index is 509. The molecular formula is C13H19N3O3S. The molecule has 110 valence electrons. The van der Waals surface area contributed by atoms with Gasteiger partial charge in [-0.3, -0.25) is 9.59 Å². The molecule has 1 fully saturated rings. The maximum absolute atomic E-state index is 11.4. The Hall–Kier alpha value is -1.63. The predicted octanol–water partition coefficient (Wildman–Crippen LogP) is 1.44. The zero-order chi connectivity index (χ0) is 14.8. The molecule has 6 nitrogen and oxygen atoms in total. The van der Waals surface area contributed by atoms with E-state index in [9.17, 15) is 9.59 Å². The number of thiazole rings is 1. The Balaban J connectivity index is 1.78. The fourth-order valence-corrected chi connectivity index (χ4v) is 2.50. The Morgan fingerprint density at radius 1 is 1.45 bits per heavy atom. The van der Waals surface area contributed by atoms with Crippen molar-refractivity contribution in [1.29, 1.82) is 0 Å². The molecule has 0 saturated heterocycles. The van der Waals surface area contributed by atoms with Gasteiger partial charge in [0, 0.05) is 24.4 Å². The highest BCUT2D eigenvalue weighted by Crippen LogP contribution is 2.29. The first-order valence-electron chi connectivity index (χ1n) is 6.62. The van der Waals surface area contributed by atoms with Crippen LogP contribution in [0.4, 0.5) is 5.13 Å². The van der Waals surface area contributed by atoms with Gasteiger partial charge in [0.25, 0.3) is 0 Å². The molecule has 3 N–H and O–H groups in total. The van der Waals surface area contributed by atoms with E-state index in [4.69, 9.17) is 5.11 Å². The van der Waals surface area contributed by atoms with Gasteiger partial charge >= 0.3 is 5.97 Å². The average molecular weight is 297 g/mol. The average Bonchev–Trinajstić information content (AvgIpc) is 3.13. The van der Waals surface area contributed by atoms with Gasteiger partial charge in [-0.1, -0.05) is 0 Å². The van der Waals surface area contributed by atoms with E-state index in [2.05, 4.69) is 15.6 Å². The molecule has 0 unspecified atom stereocenters. The number of carboxylic acid groups (broad SMARTS) is 1. The quantitative estimate of drug-likeness (QED) is 0.662. The summed E-state index contributed by atoms with van der Waals surface area (Å²) in [6.07, 6.45) is 2.00. The number of amides is 1. The van der Waals surface area contributed by atoms with Gasteiger partial charge in [0.05, 0.1) is 5.69 Å². The van der Waals surface area contributed by atoms with Crippen LogP contribution < -0.4 is 10.6 Å². The smallest absolute Gasteiger partial charge is 0.315 e. The highest BCUT2D eigenvalue weighted by atomic mass is 32.1. The summed E-state index contributed by atoms with van der Waals surface area (Å²) in [6, 6.07) is 0. The molecule has 0 spiro atoms. The first kappa shape index (κ1) is 14.8. The summed E-state index contributed by atoms with van der Waals surface area (Å²) in [5.41, 5.74) is -0.448. The molecule has 1 aliphatic rings. The van der Waals surface area contributed by atoms with Gasteiger partial charge in [0.2, 0.25) is 5.91 Å². The van der Waals surface area contributed by atoms with Crippen LogP contribution in [0.5, 0.6) is 0 Å². The summed E-state index contributed by atoms with van der Waals surface area (Å²) in [4.78, 5) is 26.8. The molecule has 1 amide bonds. The third-order valence-electron chi connectivity index (χ3n) is 3.33. The molecule has 1 saturated carbocycles. The van der Waals surface area contributed by atoms with Gasteiger partial charge in [-0.2, -0.15) is 0 Å². The van der Waals surface area contributed by atoms with Crippen molar-refractivity contribution in [2.45, 2.75) is 32.1 Å². The molecule has 0 atom stereocenters. The lowest BCUT2D eigenvalue weighted by Gasteiger charge is -2.15. The van der Waals surface area contributed by atoms with E-state index in [-0.39, 0.29) is 11.8 Å². The van der Waals surface area contributed by atoms with Gasteiger partial charge in [0.15, 0.2) is 5.13 Å². The van der Waals surface area contributed by atoms with Crippen molar-refractivity contribution in [2.24, 2.45) is 5.92 Å². The summed E-state index contributed by atoms with van der Waals surface area (Å²) in [5.74, 6) is -0.553. The number of hydrogen-bond donors (Lipinski definition) is 3. The Morgan fingerprint density at radius 3 is 2.75 bits per heavy atom. The van der Waals surface area contributed by atoms with Crippen LogP contribution in [0.25, 0.3) is 0 Å². The number of aromatic nitrogens is 1. The highest BCUT2D eigenvalue weighted by molar-refractivity contribution is 7.13. The molecule has 1 aromatic heterocycles. The topological polar surface area (TPSA) is 91.3 Å². The van der Waals surface area contributed by atoms with E-state index in [0.29, 0.717) is 23.9 Å². The number of carbonyl (C=O) groups is 2. The molecule has 0 radical (unpaired) electrons. The number of carboxylic acids is 1. The second-order valence-corrected chi connectivity index (χ2v) is 6.32. The molecule has 1 aromatic rings. The normalized spacial score (nSPS) is 14.9. The van der Waals surface area contributed by atoms with Gasteiger partial charge in [0.1, 0.15) is 5.41 Å². The van der Waals surface area contributed by atoms with Crippen molar-refractivity contribution in [3.8, 4) is 0 Å². The molecule has 0 aliphatic heterocycles. The monoisotopic (exact) mass is 297 g/mol. The van der Waals surface area contributed by atoms with Crippen LogP contribution in [-0.4, -0.2) is 35.1 Å². The maximum atomic E-state index is 11.4. The summed E-state index contributed by atoms with van der Waals surface area (Å²) in [5, 5.41) is 17.5. The van der Waals surface area contributed by atoms with Crippen LogP contribution in [-0.2, 0) is 15.0 Å². The summed E-state index contributed by atoms with van der Waals surface area (Å²) < 4.78 is 0. The lowest BCUT2D eigenvalue weighted by Crippen LogP contribution is -2.30. The standard InChI is InChI=1S/C13H19N3O3S/c1-13(2,11(18)19)9-7-20-12(16-9)15-6-5-14-10(17)8-3-4-8/h7-8H,3-6H2,1-2H3,(H,14,17)(H,15,16)(H,18,19). The third kappa shape index (κ3) is 3.47. The van der Waals surface area contributed by atoms with Gasteiger partial charge in [-0.05, 0) is 26.7 Å². The molecule has 1 heterocycles. The predicted molar refractivity (Wildman–Crippen MR) is 77.0 cm³/mol. The largest absolute Gasteiger partial charge is 0.481 e. The fraction of sp³-hybridized carbons (Fsp3) is 0.615. The summed E-state index contributed by atoms with van der Waals surface area (Å²) in [6.45, 7) is 4.39. The molecule has 0 bridgehead atoms. The molecule has 20 heavy (non-hydrogen) atoms. The summed E-state index contributed by atoms with van der Waals surface area (Å²) in [7, 11) is 0. The number of nitrogens with zero attached hydrogens (tertiary/aromatic N) is 1. The number of aliphatic carboxylic acids is 1. The molecular weight excluding hydrogens is 278 g/mol. The second kappa shape index (κ2) is 5.78. The lowest BCUT2D eigenvalue weighted by molar-refractivity contribution is -0.142. The van der Waals surface area contributed by atoms with Crippen LogP contribution >= 0.6 is 11.3 Å². The van der Waals surface area contributed by atoms with Crippen LogP contribution in [0, 0.1) is 5.92 Å². The SMILES string of the molecule is CC(C)(C(=O)O)c1csc(NCCNC(=O)C2CC2)n1. The van der Waals surface area contributed by atoms with Gasteiger partial charge in [-0.25, -0.2) is 4.98 Å². The van der Waals surface area contributed by atoms with Crippen molar-refractivity contribution in [2.75, 3.05) is 18.4 Å². The van der Waals surface area contributed by atoms with Crippen molar-refractivity contribution >= 4 is 28.3 Å². The van der Waals surface area contributed by atoms with Crippen molar-refractivity contribution in [3.63, 3.8) is 0 Å². The summed E-state index contributed by atoms with van der Waals surface area (Å²) >= 11 is 1.37. The van der Waals surface area contributed by atoms with Gasteiger partial charge in [-0.15, -0.1) is 11.3 Å². The van der Waals surface area contributed by atoms with Crippen LogP contribution in [0.3, 0.4) is 0 Å². The minimum atomic E-state index is -0.989. The van der Waals surface area contributed by atoms with E-state index in [1.807, 2.05) is 0 Å². The zero-order valence-corrected chi connectivity index (χ0v) is 12.4. The number of hydrogen-bond acceptors (Lipinski definition) is 5. The lowest BCUT2D eigenvalue weighted by atomic mass is 9.90. The van der Waals surface area contributed by atoms with E-state index >= 15 is 0 Å². The fourth-order valence-electron chi connectivity index (χ4n) is 1.60. The van der Waals surface area contributed by atoms with E-state index in [0.717, 1.165) is 12.8 Å². The number of anilines is 1. The Morgan fingerprint density at radius 2 is 2.15 bits per heavy atom. The highest BCUT2D eigenvalue weighted by Gasteiger charge is 2.32. The van der Waals surface area contributed by atoms with E-state index in [1.54, 1.807) is 19.2 Å². The van der Waals surface area contributed by atoms with Crippen LogP contribution in [0.1, 0.15) is 32.4 Å². The van der Waals surface area contributed by atoms with Crippen molar-refractivity contribution < 1.29 is 14.7 Å². The molecule has 7 heteroatoms. The van der Waals surface area contributed by atoms with Crippen molar-refractivity contribution in [3.05, 3.63) is 11.1 Å². The van der Waals surface area contributed by atoms with E-state index in [1.165, 1.54) is 11.3 Å². The van der Waals surface area contributed by atoms with E-state index < -0.39 is 11.4 Å². The minimum absolute atomic E-state index is 0.124. The van der Waals surface area contributed by atoms with Crippen LogP contribution in [0.2, 0.25) is 0 Å². The zero-order valence-electron chi connectivity index (χ0n) is 11.6. The first-order valence-corrected chi connectivity index (χ1v) is 7.50. The molecule has 2 rings (SSSR count). The molecule has 0 aromatic carbocycles. The molecule has 1 aliphatic carbocycles. The van der Waals surface area contributed by atoms with Gasteiger partial charge < -0.3 is 15.7 Å². The maximum Gasteiger partial charge on any atom is 0.315 e. The number of rotatable bonds is 7. The minimum Gasteiger partial charge on any atom is -0.481 e. The third-order valence-corrected chi connectivity index (χ3v) is 4.13. The van der Waals surface area contributed by atoms with Crippen LogP contribution in [0.15, 0.2) is 5.38 Å². The number of nitrogens with one attached hydrogen (secondary N) is 2. The van der Waals surface area contributed by atoms with Crippen molar-refractivity contribution in [1.82, 2.24) is 10.3 Å². The first-order chi connectivity index (χ1) is 9.41. The Labute approximate surface area is 121 Å².